The second kappa shape index (κ2) is 4.48. The van der Waals surface area contributed by atoms with Gasteiger partial charge in [-0.25, -0.2) is 0 Å². The van der Waals surface area contributed by atoms with E-state index in [-0.39, 0.29) is 10.6 Å². The molecule has 1 rings (SSSR count). The predicted molar refractivity (Wildman–Crippen MR) is 52.1 cm³/mol. The second-order valence-corrected chi connectivity index (χ2v) is 3.65. The van der Waals surface area contributed by atoms with Crippen molar-refractivity contribution in [3.63, 3.8) is 0 Å². The Balaban J connectivity index is 3.05. The number of phenols is 1. The molecule has 4 N–H and O–H groups in total. The molecule has 0 aromatic heterocycles. The minimum Gasteiger partial charge on any atom is -0.508 e. The highest BCUT2D eigenvalue weighted by atomic mass is 35.5. The molecule has 0 aliphatic heterocycles. The lowest BCUT2D eigenvalue weighted by Gasteiger charge is -2.22. The monoisotopic (exact) mass is 255 g/mol. The van der Waals surface area contributed by atoms with Gasteiger partial charge in [0.2, 0.25) is 0 Å². The number of benzene rings is 1. The van der Waals surface area contributed by atoms with E-state index >= 15 is 0 Å². The summed E-state index contributed by atoms with van der Waals surface area (Å²) in [5.74, 6) is -0.444. The van der Waals surface area contributed by atoms with Crippen molar-refractivity contribution in [1.82, 2.24) is 0 Å². The smallest absolute Gasteiger partial charge is 0.416 e. The van der Waals surface area contributed by atoms with Crippen molar-refractivity contribution in [2.24, 2.45) is 5.73 Å². The number of halogens is 4. The van der Waals surface area contributed by atoms with Gasteiger partial charge >= 0.3 is 6.18 Å². The predicted octanol–water partition coefficient (Wildman–Crippen LogP) is 1.97. The Bertz CT molecular complexity index is 384. The van der Waals surface area contributed by atoms with Crippen molar-refractivity contribution in [2.45, 2.75) is 18.3 Å². The van der Waals surface area contributed by atoms with E-state index in [2.05, 4.69) is 0 Å². The molecule has 3 nitrogen and oxygen atoms in total. The van der Waals surface area contributed by atoms with Crippen LogP contribution in [0.3, 0.4) is 0 Å². The third-order valence-corrected chi connectivity index (χ3v) is 2.26. The number of hydrogen-bond donors (Lipinski definition) is 3. The number of alkyl halides is 3. The lowest BCUT2D eigenvalue weighted by atomic mass is 10.0. The maximum absolute atomic E-state index is 12.2. The first-order chi connectivity index (χ1) is 7.23. The Kier molecular flexibility index (Phi) is 3.67. The van der Waals surface area contributed by atoms with E-state index in [0.29, 0.717) is 0 Å². The van der Waals surface area contributed by atoms with E-state index in [4.69, 9.17) is 22.4 Å². The Morgan fingerprint density at radius 1 is 1.31 bits per heavy atom. The molecule has 1 aromatic rings. The van der Waals surface area contributed by atoms with Gasteiger partial charge in [0.15, 0.2) is 6.10 Å². The zero-order valence-electron chi connectivity index (χ0n) is 7.87. The third kappa shape index (κ3) is 2.78. The summed E-state index contributed by atoms with van der Waals surface area (Å²) in [7, 11) is 0. The van der Waals surface area contributed by atoms with Crippen LogP contribution < -0.4 is 5.73 Å². The van der Waals surface area contributed by atoms with Crippen LogP contribution in [0.2, 0.25) is 5.02 Å². The van der Waals surface area contributed by atoms with Gasteiger partial charge in [-0.15, -0.1) is 0 Å². The highest BCUT2D eigenvalue weighted by Gasteiger charge is 2.43. The van der Waals surface area contributed by atoms with Crippen LogP contribution in [0.25, 0.3) is 0 Å². The van der Waals surface area contributed by atoms with Gasteiger partial charge in [-0.1, -0.05) is 11.6 Å². The summed E-state index contributed by atoms with van der Waals surface area (Å²) in [6.45, 7) is 0. The topological polar surface area (TPSA) is 66.5 Å². The summed E-state index contributed by atoms with van der Waals surface area (Å²) in [6, 6.07) is 1.71. The van der Waals surface area contributed by atoms with E-state index in [1.807, 2.05) is 0 Å². The summed E-state index contributed by atoms with van der Waals surface area (Å²) in [5, 5.41) is 18.3. The van der Waals surface area contributed by atoms with Crippen LogP contribution in [0.5, 0.6) is 5.75 Å². The molecule has 1 aromatic carbocycles. The number of rotatable bonds is 2. The summed E-state index contributed by atoms with van der Waals surface area (Å²) < 4.78 is 36.5. The van der Waals surface area contributed by atoms with Crippen LogP contribution >= 0.6 is 11.6 Å². The van der Waals surface area contributed by atoms with Gasteiger partial charge in [-0.05, 0) is 18.2 Å². The number of aromatic hydroxyl groups is 1. The normalized spacial score (nSPS) is 15.9. The molecule has 0 amide bonds. The molecular weight excluding hydrogens is 247 g/mol. The average Bonchev–Trinajstić information content (AvgIpc) is 2.18. The fraction of sp³-hybridized carbons (Fsp3) is 0.333. The van der Waals surface area contributed by atoms with Crippen molar-refractivity contribution in [3.05, 3.63) is 28.8 Å². The van der Waals surface area contributed by atoms with Gasteiger partial charge in [0.25, 0.3) is 0 Å². The van der Waals surface area contributed by atoms with Gasteiger partial charge in [-0.2, -0.15) is 13.2 Å². The molecule has 0 bridgehead atoms. The van der Waals surface area contributed by atoms with E-state index in [0.717, 1.165) is 12.1 Å². The first-order valence-corrected chi connectivity index (χ1v) is 4.60. The van der Waals surface area contributed by atoms with E-state index < -0.39 is 24.1 Å². The molecule has 0 aliphatic rings. The van der Waals surface area contributed by atoms with Gasteiger partial charge in [0.1, 0.15) is 5.75 Å². The maximum Gasteiger partial charge on any atom is 0.416 e. The van der Waals surface area contributed by atoms with Crippen LogP contribution in [-0.2, 0) is 0 Å². The van der Waals surface area contributed by atoms with E-state index in [9.17, 15) is 18.3 Å². The lowest BCUT2D eigenvalue weighted by molar-refractivity contribution is -0.210. The van der Waals surface area contributed by atoms with Crippen LogP contribution in [0.15, 0.2) is 18.2 Å². The Hall–Kier alpha value is -0.980. The Morgan fingerprint density at radius 2 is 1.88 bits per heavy atom. The molecule has 0 aliphatic carbocycles. The molecule has 0 unspecified atom stereocenters. The molecule has 7 heteroatoms. The van der Waals surface area contributed by atoms with Crippen molar-refractivity contribution in [2.75, 3.05) is 0 Å². The second-order valence-electron chi connectivity index (χ2n) is 3.22. The van der Waals surface area contributed by atoms with E-state index in [1.54, 1.807) is 0 Å². The van der Waals surface area contributed by atoms with Crippen molar-refractivity contribution >= 4 is 11.6 Å². The van der Waals surface area contributed by atoms with Gasteiger partial charge in [0, 0.05) is 10.6 Å². The minimum absolute atomic E-state index is 0.123. The fourth-order valence-electron chi connectivity index (χ4n) is 1.17. The maximum atomic E-state index is 12.2. The first kappa shape index (κ1) is 13.1. The zero-order valence-corrected chi connectivity index (χ0v) is 8.63. The molecule has 0 spiro atoms. The van der Waals surface area contributed by atoms with E-state index in [1.165, 1.54) is 6.07 Å². The Labute approximate surface area is 94.3 Å². The van der Waals surface area contributed by atoms with Crippen LogP contribution in [0.1, 0.15) is 11.6 Å². The quantitative estimate of drug-likeness (QED) is 0.757. The number of hydrogen-bond acceptors (Lipinski definition) is 3. The van der Waals surface area contributed by atoms with Gasteiger partial charge < -0.3 is 15.9 Å². The van der Waals surface area contributed by atoms with Crippen molar-refractivity contribution in [1.29, 1.82) is 0 Å². The number of nitrogens with two attached hydrogens (primary N) is 1. The Morgan fingerprint density at radius 3 is 2.38 bits per heavy atom. The number of aliphatic hydroxyl groups excluding tert-OH is 1. The molecule has 16 heavy (non-hydrogen) atoms. The molecular formula is C9H9ClF3NO2. The number of phenolic OH excluding ortho intramolecular Hbond substituents is 1. The van der Waals surface area contributed by atoms with Crippen LogP contribution in [0.4, 0.5) is 13.2 Å². The third-order valence-electron chi connectivity index (χ3n) is 2.02. The number of aliphatic hydroxyl groups is 1. The molecule has 90 valence electrons. The highest BCUT2D eigenvalue weighted by molar-refractivity contribution is 6.30. The van der Waals surface area contributed by atoms with Crippen molar-refractivity contribution in [3.8, 4) is 5.75 Å². The van der Waals surface area contributed by atoms with Gasteiger partial charge in [0.05, 0.1) is 6.04 Å². The largest absolute Gasteiger partial charge is 0.508 e. The first-order valence-electron chi connectivity index (χ1n) is 4.22. The summed E-state index contributed by atoms with van der Waals surface area (Å²) >= 11 is 5.55. The van der Waals surface area contributed by atoms with Gasteiger partial charge in [-0.3, -0.25) is 0 Å². The molecule has 0 radical (unpaired) electrons. The molecule has 0 fully saturated rings. The fourth-order valence-corrected chi connectivity index (χ4v) is 1.35. The summed E-state index contributed by atoms with van der Waals surface area (Å²) in [4.78, 5) is 0. The van der Waals surface area contributed by atoms with Crippen molar-refractivity contribution < 1.29 is 23.4 Å². The molecule has 0 saturated heterocycles. The van der Waals surface area contributed by atoms with Crippen LogP contribution in [0, 0.1) is 0 Å². The molecule has 0 heterocycles. The molecule has 2 atom stereocenters. The summed E-state index contributed by atoms with van der Waals surface area (Å²) in [5.41, 5.74) is 4.95. The minimum atomic E-state index is -4.85. The highest BCUT2D eigenvalue weighted by Crippen LogP contribution is 2.33. The standard InChI is InChI=1S/C9H9ClF3NO2/c10-4-1-2-6(15)5(3-4)7(14)8(16)9(11,12)13/h1-3,7-8,15-16H,14H2/t7-,8-/m0/s1. The summed E-state index contributed by atoms with van der Waals surface area (Å²) in [6.07, 6.45) is -7.61. The molecule has 0 saturated carbocycles. The van der Waals surface area contributed by atoms with Crippen LogP contribution in [-0.4, -0.2) is 22.5 Å². The lowest BCUT2D eigenvalue weighted by Crippen LogP contribution is -2.38. The SMILES string of the molecule is N[C@@H](c1cc(Cl)ccc1O)[C@H](O)C(F)(F)F. The average molecular weight is 256 g/mol. The zero-order chi connectivity index (χ0) is 12.5.